The van der Waals surface area contributed by atoms with Crippen LogP contribution in [0.15, 0.2) is 54.6 Å². The topological polar surface area (TPSA) is 55.4 Å². The van der Waals surface area contributed by atoms with Crippen molar-refractivity contribution in [1.29, 1.82) is 0 Å². The Hall–Kier alpha value is -2.62. The zero-order valence-corrected chi connectivity index (χ0v) is 11.6. The van der Waals surface area contributed by atoms with E-state index in [0.29, 0.717) is 17.7 Å². The smallest absolute Gasteiger partial charge is 0.339 e. The van der Waals surface area contributed by atoms with Gasteiger partial charge in [0.15, 0.2) is 5.60 Å². The Kier molecular flexibility index (Phi) is 3.22. The lowest BCUT2D eigenvalue weighted by Crippen LogP contribution is -2.48. The first kappa shape index (κ1) is 13.4. The van der Waals surface area contributed by atoms with E-state index in [2.05, 4.69) is 5.32 Å². The van der Waals surface area contributed by atoms with Gasteiger partial charge in [-0.1, -0.05) is 36.4 Å². The van der Waals surface area contributed by atoms with Gasteiger partial charge in [0.25, 0.3) is 5.91 Å². The molecule has 1 aliphatic heterocycles. The van der Waals surface area contributed by atoms with Crippen LogP contribution in [0, 0.1) is 0 Å². The van der Waals surface area contributed by atoms with Crippen LogP contribution >= 0.6 is 0 Å². The molecule has 0 unspecified atom stereocenters. The number of amides is 1. The number of benzene rings is 2. The highest BCUT2D eigenvalue weighted by Gasteiger charge is 2.42. The van der Waals surface area contributed by atoms with Crippen molar-refractivity contribution in [2.45, 2.75) is 18.9 Å². The molecule has 4 heteroatoms. The van der Waals surface area contributed by atoms with E-state index in [0.717, 1.165) is 5.56 Å². The van der Waals surface area contributed by atoms with Crippen LogP contribution in [0.3, 0.4) is 0 Å². The summed E-state index contributed by atoms with van der Waals surface area (Å²) in [4.78, 5) is 24.5. The lowest BCUT2D eigenvalue weighted by molar-refractivity contribution is -0.134. The first-order chi connectivity index (χ1) is 10.1. The van der Waals surface area contributed by atoms with Crippen LogP contribution in [0.2, 0.25) is 0 Å². The average molecular weight is 281 g/mol. The Morgan fingerprint density at radius 1 is 1.10 bits per heavy atom. The standard InChI is InChI=1S/C17H15NO3/c1-17(16(20)18-13-8-3-2-4-9-13)11-12-7-5-6-10-14(12)15(19)21-17/h2-10H,11H2,1H3,(H,18,20)/t17-/m1/s1. The molecule has 0 radical (unpaired) electrons. The highest BCUT2D eigenvalue weighted by Crippen LogP contribution is 2.29. The van der Waals surface area contributed by atoms with E-state index in [9.17, 15) is 9.59 Å². The minimum atomic E-state index is -1.19. The van der Waals surface area contributed by atoms with Gasteiger partial charge in [0.05, 0.1) is 5.56 Å². The van der Waals surface area contributed by atoms with Crippen LogP contribution in [-0.4, -0.2) is 17.5 Å². The highest BCUT2D eigenvalue weighted by atomic mass is 16.6. The third-order valence-electron chi connectivity index (χ3n) is 3.59. The second kappa shape index (κ2) is 5.05. The third-order valence-corrected chi connectivity index (χ3v) is 3.59. The van der Waals surface area contributed by atoms with Crippen LogP contribution in [-0.2, 0) is 16.0 Å². The van der Waals surface area contributed by atoms with Gasteiger partial charge < -0.3 is 10.1 Å². The molecular weight excluding hydrogens is 266 g/mol. The van der Waals surface area contributed by atoms with Crippen LogP contribution in [0.4, 0.5) is 5.69 Å². The molecule has 4 nitrogen and oxygen atoms in total. The first-order valence-electron chi connectivity index (χ1n) is 6.76. The van der Waals surface area contributed by atoms with E-state index in [-0.39, 0.29) is 5.91 Å². The molecule has 21 heavy (non-hydrogen) atoms. The largest absolute Gasteiger partial charge is 0.445 e. The number of fused-ring (bicyclic) bond motifs is 1. The summed E-state index contributed by atoms with van der Waals surface area (Å²) in [5.74, 6) is -0.779. The molecule has 0 saturated heterocycles. The van der Waals surface area contributed by atoms with Gasteiger partial charge in [-0.05, 0) is 30.7 Å². The number of nitrogens with one attached hydrogen (secondary N) is 1. The molecule has 106 valence electrons. The number of para-hydroxylation sites is 1. The molecule has 0 fully saturated rings. The lowest BCUT2D eigenvalue weighted by Gasteiger charge is -2.33. The minimum absolute atomic E-state index is 0.323. The molecule has 3 rings (SSSR count). The van der Waals surface area contributed by atoms with Crippen molar-refractivity contribution in [2.75, 3.05) is 5.32 Å². The van der Waals surface area contributed by atoms with Crippen molar-refractivity contribution in [3.05, 3.63) is 65.7 Å². The van der Waals surface area contributed by atoms with Gasteiger partial charge in [-0.25, -0.2) is 4.79 Å². The Labute approximate surface area is 122 Å². The summed E-state index contributed by atoms with van der Waals surface area (Å²) in [7, 11) is 0. The number of esters is 1. The Balaban J connectivity index is 1.85. The molecule has 1 amide bonds. The van der Waals surface area contributed by atoms with E-state index in [1.807, 2.05) is 30.3 Å². The van der Waals surface area contributed by atoms with Crippen molar-refractivity contribution in [3.8, 4) is 0 Å². The number of carbonyl (C=O) groups is 2. The maximum atomic E-state index is 12.5. The van der Waals surface area contributed by atoms with Gasteiger partial charge in [-0.3, -0.25) is 4.79 Å². The zero-order chi connectivity index (χ0) is 14.9. The summed E-state index contributed by atoms with van der Waals surface area (Å²) >= 11 is 0. The molecule has 2 aromatic rings. The molecule has 0 saturated carbocycles. The highest BCUT2D eigenvalue weighted by molar-refractivity contribution is 6.02. The van der Waals surface area contributed by atoms with Gasteiger partial charge in [0, 0.05) is 12.1 Å². The van der Waals surface area contributed by atoms with Crippen molar-refractivity contribution in [2.24, 2.45) is 0 Å². The summed E-state index contributed by atoms with van der Waals surface area (Å²) in [6.45, 7) is 1.64. The number of ether oxygens (including phenoxy) is 1. The van der Waals surface area contributed by atoms with Crippen molar-refractivity contribution < 1.29 is 14.3 Å². The lowest BCUT2D eigenvalue weighted by atomic mass is 9.89. The van der Waals surface area contributed by atoms with Crippen LogP contribution < -0.4 is 5.32 Å². The predicted octanol–water partition coefficient (Wildman–Crippen LogP) is 2.80. The monoisotopic (exact) mass is 281 g/mol. The first-order valence-corrected chi connectivity index (χ1v) is 6.76. The molecule has 1 N–H and O–H groups in total. The number of hydrogen-bond acceptors (Lipinski definition) is 3. The fraction of sp³-hybridized carbons (Fsp3) is 0.176. The molecule has 2 aromatic carbocycles. The van der Waals surface area contributed by atoms with Crippen LogP contribution in [0.5, 0.6) is 0 Å². The SMILES string of the molecule is C[C@]1(C(=O)Nc2ccccc2)Cc2ccccc2C(=O)O1. The van der Waals surface area contributed by atoms with Gasteiger partial charge in [0.2, 0.25) is 0 Å². The van der Waals surface area contributed by atoms with Gasteiger partial charge in [-0.15, -0.1) is 0 Å². The van der Waals surface area contributed by atoms with Crippen molar-refractivity contribution in [1.82, 2.24) is 0 Å². The normalized spacial score (nSPS) is 20.3. The van der Waals surface area contributed by atoms with Crippen molar-refractivity contribution >= 4 is 17.6 Å². The zero-order valence-electron chi connectivity index (χ0n) is 11.6. The van der Waals surface area contributed by atoms with E-state index >= 15 is 0 Å². The second-order valence-electron chi connectivity index (χ2n) is 5.27. The molecule has 1 aliphatic rings. The molecule has 0 bridgehead atoms. The average Bonchev–Trinajstić information content (AvgIpc) is 2.48. The summed E-state index contributed by atoms with van der Waals surface area (Å²) in [6.07, 6.45) is 0.369. The molecular formula is C17H15NO3. The van der Waals surface area contributed by atoms with Crippen LogP contribution in [0.1, 0.15) is 22.8 Å². The van der Waals surface area contributed by atoms with Gasteiger partial charge >= 0.3 is 5.97 Å². The summed E-state index contributed by atoms with van der Waals surface area (Å²) < 4.78 is 5.38. The molecule has 0 aliphatic carbocycles. The predicted molar refractivity (Wildman–Crippen MR) is 79.0 cm³/mol. The van der Waals surface area contributed by atoms with E-state index < -0.39 is 11.6 Å². The summed E-state index contributed by atoms with van der Waals surface area (Å²) in [5, 5.41) is 2.79. The Bertz CT molecular complexity index is 696. The molecule has 0 spiro atoms. The molecule has 1 heterocycles. The number of hydrogen-bond donors (Lipinski definition) is 1. The van der Waals surface area contributed by atoms with Gasteiger partial charge in [0.1, 0.15) is 0 Å². The fourth-order valence-corrected chi connectivity index (χ4v) is 2.44. The van der Waals surface area contributed by atoms with E-state index in [1.54, 1.807) is 31.2 Å². The van der Waals surface area contributed by atoms with E-state index in [4.69, 9.17) is 4.74 Å². The third kappa shape index (κ3) is 2.52. The fourth-order valence-electron chi connectivity index (χ4n) is 2.44. The minimum Gasteiger partial charge on any atom is -0.445 e. The molecule has 1 atom stereocenters. The van der Waals surface area contributed by atoms with Crippen LogP contribution in [0.25, 0.3) is 0 Å². The maximum absolute atomic E-state index is 12.5. The number of carbonyl (C=O) groups excluding carboxylic acids is 2. The Morgan fingerprint density at radius 3 is 2.52 bits per heavy atom. The number of cyclic esters (lactones) is 1. The summed E-state index contributed by atoms with van der Waals surface area (Å²) in [6, 6.07) is 16.3. The van der Waals surface area contributed by atoms with Gasteiger partial charge in [-0.2, -0.15) is 0 Å². The Morgan fingerprint density at radius 2 is 1.76 bits per heavy atom. The quantitative estimate of drug-likeness (QED) is 0.861. The number of rotatable bonds is 2. The number of anilines is 1. The maximum Gasteiger partial charge on any atom is 0.339 e. The van der Waals surface area contributed by atoms with Crippen molar-refractivity contribution in [3.63, 3.8) is 0 Å². The van der Waals surface area contributed by atoms with E-state index in [1.165, 1.54) is 0 Å². The second-order valence-corrected chi connectivity index (χ2v) is 5.27. The summed E-state index contributed by atoms with van der Waals surface area (Å²) in [5.41, 5.74) is 0.849. The molecule has 0 aromatic heterocycles.